The number of hydrogen-bond donors (Lipinski definition) is 3. The van der Waals surface area contributed by atoms with Crippen molar-refractivity contribution in [3.05, 3.63) is 35.6 Å². The zero-order valence-electron chi connectivity index (χ0n) is 10.2. The third-order valence-electron chi connectivity index (χ3n) is 2.40. The van der Waals surface area contributed by atoms with Gasteiger partial charge in [0.15, 0.2) is 5.16 Å². The Balaban J connectivity index is 2.02. The monoisotopic (exact) mass is 296 g/mol. The van der Waals surface area contributed by atoms with Gasteiger partial charge in [0.1, 0.15) is 0 Å². The zero-order valence-corrected chi connectivity index (χ0v) is 11.8. The standard InChI is InChI=1S/C12H13ClN4OS/c1-7(19-12-15-4-5-16-12)11(18)17-10-6-8(13)2-3-9(10)14/h2-7H,14H2,1H3,(H,15,16)(H,17,18). The fourth-order valence-corrected chi connectivity index (χ4v) is 2.34. The molecule has 7 heteroatoms. The number of nitrogens with one attached hydrogen (secondary N) is 2. The number of imidazole rings is 1. The van der Waals surface area contributed by atoms with E-state index in [1.165, 1.54) is 11.8 Å². The number of H-pyrrole nitrogens is 1. The maximum absolute atomic E-state index is 12.0. The first-order valence-corrected chi connectivity index (χ1v) is 6.84. The Morgan fingerprint density at radius 3 is 3.05 bits per heavy atom. The van der Waals surface area contributed by atoms with Crippen LogP contribution in [0.25, 0.3) is 0 Å². The van der Waals surface area contributed by atoms with Crippen LogP contribution in [0.4, 0.5) is 11.4 Å². The number of carbonyl (C=O) groups is 1. The van der Waals surface area contributed by atoms with Crippen molar-refractivity contribution >= 4 is 40.6 Å². The summed E-state index contributed by atoms with van der Waals surface area (Å²) >= 11 is 7.20. The molecule has 5 nitrogen and oxygen atoms in total. The van der Waals surface area contributed by atoms with Crippen LogP contribution in [0.3, 0.4) is 0 Å². The summed E-state index contributed by atoms with van der Waals surface area (Å²) in [7, 11) is 0. The molecule has 1 atom stereocenters. The SMILES string of the molecule is CC(Sc1ncc[nH]1)C(=O)Nc1cc(Cl)ccc1N. The topological polar surface area (TPSA) is 83.8 Å². The lowest BCUT2D eigenvalue weighted by Gasteiger charge is -2.12. The van der Waals surface area contributed by atoms with E-state index in [4.69, 9.17) is 17.3 Å². The second-order valence-corrected chi connectivity index (χ2v) is 5.64. The maximum atomic E-state index is 12.0. The van der Waals surface area contributed by atoms with E-state index in [9.17, 15) is 4.79 Å². The summed E-state index contributed by atoms with van der Waals surface area (Å²) in [6.45, 7) is 1.79. The maximum Gasteiger partial charge on any atom is 0.237 e. The van der Waals surface area contributed by atoms with Crippen LogP contribution in [-0.2, 0) is 4.79 Å². The van der Waals surface area contributed by atoms with Gasteiger partial charge < -0.3 is 16.0 Å². The van der Waals surface area contributed by atoms with Gasteiger partial charge in [-0.2, -0.15) is 0 Å². The number of nitrogens with two attached hydrogens (primary N) is 1. The van der Waals surface area contributed by atoms with Gasteiger partial charge in [0.05, 0.1) is 16.6 Å². The number of carbonyl (C=O) groups excluding carboxylic acids is 1. The van der Waals surface area contributed by atoms with Crippen LogP contribution in [0.1, 0.15) is 6.92 Å². The summed E-state index contributed by atoms with van der Waals surface area (Å²) in [5.41, 5.74) is 6.77. The Kier molecular flexibility index (Phi) is 4.34. The van der Waals surface area contributed by atoms with Crippen LogP contribution < -0.4 is 11.1 Å². The average molecular weight is 297 g/mol. The third-order valence-corrected chi connectivity index (χ3v) is 3.65. The van der Waals surface area contributed by atoms with Crippen LogP contribution in [0.5, 0.6) is 0 Å². The molecule has 1 heterocycles. The average Bonchev–Trinajstić information content (AvgIpc) is 2.86. The predicted molar refractivity (Wildman–Crippen MR) is 78.4 cm³/mol. The molecule has 1 aromatic carbocycles. The number of amides is 1. The molecule has 0 radical (unpaired) electrons. The second kappa shape index (κ2) is 5.99. The Morgan fingerprint density at radius 1 is 1.58 bits per heavy atom. The van der Waals surface area contributed by atoms with Crippen molar-refractivity contribution in [3.63, 3.8) is 0 Å². The Hall–Kier alpha value is -1.66. The van der Waals surface area contributed by atoms with Crippen LogP contribution in [-0.4, -0.2) is 21.1 Å². The highest BCUT2D eigenvalue weighted by molar-refractivity contribution is 8.00. The number of aromatic amines is 1. The minimum Gasteiger partial charge on any atom is -0.397 e. The highest BCUT2D eigenvalue weighted by atomic mass is 35.5. The van der Waals surface area contributed by atoms with E-state index in [0.29, 0.717) is 21.6 Å². The number of aromatic nitrogens is 2. The van der Waals surface area contributed by atoms with Crippen LogP contribution >= 0.6 is 23.4 Å². The van der Waals surface area contributed by atoms with Crippen LogP contribution in [0, 0.1) is 0 Å². The third kappa shape index (κ3) is 3.65. The Labute approximate surface area is 119 Å². The van der Waals surface area contributed by atoms with Gasteiger partial charge in [0.25, 0.3) is 0 Å². The molecule has 0 bridgehead atoms. The van der Waals surface area contributed by atoms with E-state index in [-0.39, 0.29) is 11.2 Å². The lowest BCUT2D eigenvalue weighted by Crippen LogP contribution is -2.23. The molecule has 0 fully saturated rings. The van der Waals surface area contributed by atoms with Crippen molar-refractivity contribution in [2.45, 2.75) is 17.3 Å². The smallest absolute Gasteiger partial charge is 0.237 e. The first-order chi connectivity index (χ1) is 9.06. The highest BCUT2D eigenvalue weighted by Crippen LogP contribution is 2.25. The minimum absolute atomic E-state index is 0.157. The number of benzene rings is 1. The summed E-state index contributed by atoms with van der Waals surface area (Å²) in [5.74, 6) is -0.157. The van der Waals surface area contributed by atoms with Crippen molar-refractivity contribution in [3.8, 4) is 0 Å². The first-order valence-electron chi connectivity index (χ1n) is 5.58. The number of nitrogen functional groups attached to an aromatic ring is 1. The molecule has 1 amide bonds. The van der Waals surface area contributed by atoms with Gasteiger partial charge in [-0.3, -0.25) is 4.79 Å². The Morgan fingerprint density at radius 2 is 2.37 bits per heavy atom. The summed E-state index contributed by atoms with van der Waals surface area (Å²) in [6, 6.07) is 4.95. The number of anilines is 2. The largest absolute Gasteiger partial charge is 0.397 e. The highest BCUT2D eigenvalue weighted by Gasteiger charge is 2.16. The molecule has 0 saturated carbocycles. The van der Waals surface area contributed by atoms with Crippen molar-refractivity contribution in [2.75, 3.05) is 11.1 Å². The van der Waals surface area contributed by atoms with Crippen molar-refractivity contribution in [1.82, 2.24) is 9.97 Å². The summed E-state index contributed by atoms with van der Waals surface area (Å²) < 4.78 is 0. The summed E-state index contributed by atoms with van der Waals surface area (Å²) in [6.07, 6.45) is 3.35. The molecule has 19 heavy (non-hydrogen) atoms. The van der Waals surface area contributed by atoms with E-state index in [1.54, 1.807) is 37.5 Å². The van der Waals surface area contributed by atoms with Gasteiger partial charge in [-0.05, 0) is 25.1 Å². The molecule has 1 aromatic heterocycles. The Bertz CT molecular complexity index is 573. The van der Waals surface area contributed by atoms with Gasteiger partial charge in [0.2, 0.25) is 5.91 Å². The van der Waals surface area contributed by atoms with Crippen LogP contribution in [0.15, 0.2) is 35.7 Å². The quantitative estimate of drug-likeness (QED) is 0.598. The predicted octanol–water partition coefficient (Wildman–Crippen LogP) is 2.76. The molecule has 0 saturated heterocycles. The number of thioether (sulfide) groups is 1. The zero-order chi connectivity index (χ0) is 13.8. The molecule has 0 spiro atoms. The number of nitrogens with zero attached hydrogens (tertiary/aromatic N) is 1. The lowest BCUT2D eigenvalue weighted by atomic mass is 10.2. The van der Waals surface area contributed by atoms with E-state index in [2.05, 4.69) is 15.3 Å². The number of halogens is 1. The normalized spacial score (nSPS) is 12.1. The van der Waals surface area contributed by atoms with E-state index in [1.807, 2.05) is 0 Å². The van der Waals surface area contributed by atoms with Gasteiger partial charge in [-0.15, -0.1) is 0 Å². The van der Waals surface area contributed by atoms with Gasteiger partial charge >= 0.3 is 0 Å². The van der Waals surface area contributed by atoms with Crippen LogP contribution in [0.2, 0.25) is 5.02 Å². The second-order valence-electron chi connectivity index (χ2n) is 3.88. The van der Waals surface area contributed by atoms with E-state index in [0.717, 1.165) is 0 Å². The van der Waals surface area contributed by atoms with Gasteiger partial charge in [-0.1, -0.05) is 23.4 Å². The fourth-order valence-electron chi connectivity index (χ4n) is 1.41. The molecule has 2 rings (SSSR count). The molecule has 100 valence electrons. The summed E-state index contributed by atoms with van der Waals surface area (Å²) in [5, 5.41) is 3.67. The molecule has 0 aliphatic rings. The molecular formula is C12H13ClN4OS. The van der Waals surface area contributed by atoms with Gasteiger partial charge in [0, 0.05) is 17.4 Å². The minimum atomic E-state index is -0.301. The summed E-state index contributed by atoms with van der Waals surface area (Å²) in [4.78, 5) is 19.0. The van der Waals surface area contributed by atoms with E-state index < -0.39 is 0 Å². The fraction of sp³-hybridized carbons (Fsp3) is 0.167. The molecule has 2 aromatic rings. The molecular weight excluding hydrogens is 284 g/mol. The molecule has 4 N–H and O–H groups in total. The lowest BCUT2D eigenvalue weighted by molar-refractivity contribution is -0.115. The van der Waals surface area contributed by atoms with Gasteiger partial charge in [-0.25, -0.2) is 4.98 Å². The number of hydrogen-bond acceptors (Lipinski definition) is 4. The van der Waals surface area contributed by atoms with Crippen molar-refractivity contribution < 1.29 is 4.79 Å². The van der Waals surface area contributed by atoms with Crippen molar-refractivity contribution in [2.24, 2.45) is 0 Å². The molecule has 1 unspecified atom stereocenters. The molecule has 0 aliphatic carbocycles. The van der Waals surface area contributed by atoms with Crippen molar-refractivity contribution in [1.29, 1.82) is 0 Å². The first kappa shape index (κ1) is 13.8. The number of rotatable bonds is 4. The van der Waals surface area contributed by atoms with E-state index >= 15 is 0 Å². The molecule has 0 aliphatic heterocycles.